The number of amides is 1. The number of benzene rings is 2. The molecule has 0 aliphatic carbocycles. The van der Waals surface area contributed by atoms with Crippen molar-refractivity contribution in [2.24, 2.45) is 0 Å². The number of carbonyl (C=O) groups excluding carboxylic acids is 1. The first-order valence-corrected chi connectivity index (χ1v) is 11.0. The number of fused-ring (bicyclic) bond motifs is 1. The Morgan fingerprint density at radius 3 is 2.50 bits per heavy atom. The minimum atomic E-state index is -0.679. The highest BCUT2D eigenvalue weighted by Gasteiger charge is 2.25. The fourth-order valence-corrected chi connectivity index (χ4v) is 4.23. The molecule has 1 amide bonds. The van der Waals surface area contributed by atoms with Crippen LogP contribution >= 0.6 is 0 Å². The molecular weight excluding hydrogens is 438 g/mol. The molecule has 0 radical (unpaired) electrons. The third kappa shape index (κ3) is 4.47. The number of aromatic nitrogens is 3. The second-order valence-electron chi connectivity index (χ2n) is 9.06. The molecule has 0 bridgehead atoms. The van der Waals surface area contributed by atoms with Gasteiger partial charge in [-0.05, 0) is 62.4 Å². The topological polar surface area (TPSA) is 85.9 Å². The van der Waals surface area contributed by atoms with Crippen molar-refractivity contribution in [1.82, 2.24) is 20.5 Å². The zero-order valence-electron chi connectivity index (χ0n) is 18.8. The van der Waals surface area contributed by atoms with E-state index in [4.69, 9.17) is 0 Å². The van der Waals surface area contributed by atoms with E-state index in [-0.39, 0.29) is 11.4 Å². The zero-order chi connectivity index (χ0) is 23.9. The lowest BCUT2D eigenvalue weighted by Crippen LogP contribution is -2.57. The maximum atomic E-state index is 13.6. The van der Waals surface area contributed by atoms with E-state index < -0.39 is 11.6 Å². The fourth-order valence-electron chi connectivity index (χ4n) is 4.23. The molecule has 7 nitrogen and oxygen atoms in total. The molecular formula is C25H24F2N6O. The van der Waals surface area contributed by atoms with Crippen LogP contribution in [0.2, 0.25) is 0 Å². The maximum absolute atomic E-state index is 13.6. The van der Waals surface area contributed by atoms with Gasteiger partial charge < -0.3 is 15.5 Å². The molecule has 1 aliphatic heterocycles. The number of halogens is 2. The van der Waals surface area contributed by atoms with E-state index in [1.165, 1.54) is 12.1 Å². The fraction of sp³-hybridized carbons (Fsp3) is 0.240. The smallest absolute Gasteiger partial charge is 0.256 e. The molecule has 4 aromatic rings. The van der Waals surface area contributed by atoms with Gasteiger partial charge in [0.25, 0.3) is 5.91 Å². The number of nitrogens with one attached hydrogen (secondary N) is 3. The lowest BCUT2D eigenvalue weighted by molar-refractivity contribution is 0.102. The molecule has 0 unspecified atom stereocenters. The van der Waals surface area contributed by atoms with Gasteiger partial charge in [0, 0.05) is 48.1 Å². The van der Waals surface area contributed by atoms with Crippen LogP contribution in [0.1, 0.15) is 24.2 Å². The van der Waals surface area contributed by atoms with Gasteiger partial charge in [0.2, 0.25) is 0 Å². The molecule has 0 saturated carbocycles. The minimum absolute atomic E-state index is 0.0338. The lowest BCUT2D eigenvalue weighted by Gasteiger charge is -2.40. The van der Waals surface area contributed by atoms with Crippen LogP contribution in [0.25, 0.3) is 22.3 Å². The minimum Gasteiger partial charge on any atom is -0.368 e. The van der Waals surface area contributed by atoms with E-state index in [1.54, 1.807) is 24.3 Å². The van der Waals surface area contributed by atoms with Gasteiger partial charge in [-0.3, -0.25) is 9.89 Å². The van der Waals surface area contributed by atoms with Gasteiger partial charge in [-0.1, -0.05) is 0 Å². The monoisotopic (exact) mass is 462 g/mol. The zero-order valence-corrected chi connectivity index (χ0v) is 18.8. The molecule has 2 aromatic heterocycles. The number of piperazine rings is 1. The third-order valence-corrected chi connectivity index (χ3v) is 5.88. The normalized spacial score (nSPS) is 15.5. The van der Waals surface area contributed by atoms with Crippen LogP contribution in [0, 0.1) is 11.6 Å². The summed E-state index contributed by atoms with van der Waals surface area (Å²) >= 11 is 0. The quantitative estimate of drug-likeness (QED) is 0.420. The van der Waals surface area contributed by atoms with Crippen LogP contribution in [0.3, 0.4) is 0 Å². The van der Waals surface area contributed by atoms with E-state index in [1.807, 2.05) is 12.1 Å². The number of nitrogens with zero attached hydrogens (tertiary/aromatic N) is 3. The Balaban J connectivity index is 1.32. The molecule has 1 aliphatic rings. The number of rotatable bonds is 4. The van der Waals surface area contributed by atoms with Crippen molar-refractivity contribution in [1.29, 1.82) is 0 Å². The summed E-state index contributed by atoms with van der Waals surface area (Å²) in [5, 5.41) is 13.8. The number of anilines is 2. The van der Waals surface area contributed by atoms with Crippen LogP contribution < -0.4 is 15.5 Å². The summed E-state index contributed by atoms with van der Waals surface area (Å²) in [5.74, 6) is -1.32. The number of hydrogen-bond acceptors (Lipinski definition) is 5. The first kappa shape index (κ1) is 22.0. The molecule has 0 atom stereocenters. The van der Waals surface area contributed by atoms with Gasteiger partial charge in [-0.2, -0.15) is 5.10 Å². The van der Waals surface area contributed by atoms with Crippen molar-refractivity contribution in [2.45, 2.75) is 19.4 Å². The molecule has 174 valence electrons. The molecule has 1 fully saturated rings. The van der Waals surface area contributed by atoms with E-state index in [0.717, 1.165) is 31.4 Å². The van der Waals surface area contributed by atoms with Gasteiger partial charge in [0.05, 0.1) is 11.1 Å². The molecule has 3 N–H and O–H groups in total. The number of pyridine rings is 1. The summed E-state index contributed by atoms with van der Waals surface area (Å²) < 4.78 is 27.1. The lowest BCUT2D eigenvalue weighted by atomic mass is 10.0. The van der Waals surface area contributed by atoms with Crippen LogP contribution in [0.15, 0.2) is 54.6 Å². The Morgan fingerprint density at radius 2 is 1.79 bits per heavy atom. The maximum Gasteiger partial charge on any atom is 0.256 e. The summed E-state index contributed by atoms with van der Waals surface area (Å²) in [6, 6.07) is 14.1. The molecule has 5 rings (SSSR count). The Bertz CT molecular complexity index is 1350. The van der Waals surface area contributed by atoms with Gasteiger partial charge in [0.1, 0.15) is 11.6 Å². The van der Waals surface area contributed by atoms with Crippen molar-refractivity contribution in [3.63, 3.8) is 0 Å². The highest BCUT2D eigenvalue weighted by molar-refractivity contribution is 6.07. The summed E-state index contributed by atoms with van der Waals surface area (Å²) in [5.41, 5.74) is 2.71. The number of hydrogen-bond donors (Lipinski definition) is 3. The van der Waals surface area contributed by atoms with Crippen molar-refractivity contribution < 1.29 is 13.6 Å². The molecule has 3 heterocycles. The Kier molecular flexibility index (Phi) is 5.49. The van der Waals surface area contributed by atoms with Crippen molar-refractivity contribution in [3.05, 3.63) is 71.8 Å². The van der Waals surface area contributed by atoms with Gasteiger partial charge in [-0.25, -0.2) is 13.8 Å². The Labute approximate surface area is 195 Å². The molecule has 34 heavy (non-hydrogen) atoms. The summed E-state index contributed by atoms with van der Waals surface area (Å²) in [6.07, 6.45) is 0. The van der Waals surface area contributed by atoms with Gasteiger partial charge >= 0.3 is 0 Å². The van der Waals surface area contributed by atoms with E-state index >= 15 is 0 Å². The number of H-pyrrole nitrogens is 1. The Hall–Kier alpha value is -3.85. The number of aromatic amines is 1. The Morgan fingerprint density at radius 1 is 1.06 bits per heavy atom. The largest absolute Gasteiger partial charge is 0.368 e. The van der Waals surface area contributed by atoms with Crippen molar-refractivity contribution in [3.8, 4) is 11.3 Å². The summed E-state index contributed by atoms with van der Waals surface area (Å²) in [6.45, 7) is 7.04. The highest BCUT2D eigenvalue weighted by atomic mass is 19.1. The molecule has 1 saturated heterocycles. The van der Waals surface area contributed by atoms with Crippen LogP contribution in [0.4, 0.5) is 20.3 Å². The number of carbonyl (C=O) groups is 1. The van der Waals surface area contributed by atoms with E-state index in [9.17, 15) is 13.6 Å². The summed E-state index contributed by atoms with van der Waals surface area (Å²) in [7, 11) is 0. The highest BCUT2D eigenvalue weighted by Crippen LogP contribution is 2.26. The summed E-state index contributed by atoms with van der Waals surface area (Å²) in [4.78, 5) is 19.5. The molecule has 0 spiro atoms. The van der Waals surface area contributed by atoms with Crippen LogP contribution in [-0.2, 0) is 0 Å². The van der Waals surface area contributed by atoms with E-state index in [0.29, 0.717) is 33.7 Å². The first-order chi connectivity index (χ1) is 16.3. The second kappa shape index (κ2) is 8.49. The molecule has 9 heteroatoms. The average Bonchev–Trinajstić information content (AvgIpc) is 3.20. The first-order valence-electron chi connectivity index (χ1n) is 11.0. The van der Waals surface area contributed by atoms with E-state index in [2.05, 4.69) is 44.6 Å². The van der Waals surface area contributed by atoms with Gasteiger partial charge in [0.15, 0.2) is 11.5 Å². The standard InChI is InChI=1S/C25H24F2N6O/c1-25(2)14-33(10-9-28-25)19-5-3-15(4-6-19)24(34)30-23-20-7-8-21(29-22(20)31-32-23)16-11-17(26)13-18(27)12-16/h3-8,11-13,28H,9-10,14H2,1-2H3,(H2,29,30,31,32,34). The van der Waals surface area contributed by atoms with Gasteiger partial charge in [-0.15, -0.1) is 0 Å². The predicted octanol–water partition coefficient (Wildman–Crippen LogP) is 4.34. The van der Waals surface area contributed by atoms with Crippen molar-refractivity contribution in [2.75, 3.05) is 29.9 Å². The van der Waals surface area contributed by atoms with Crippen LogP contribution in [-0.4, -0.2) is 46.3 Å². The van der Waals surface area contributed by atoms with Crippen LogP contribution in [0.5, 0.6) is 0 Å². The SMILES string of the molecule is CC1(C)CN(c2ccc(C(=O)Nc3n[nH]c4nc(-c5cc(F)cc(F)c5)ccc34)cc2)CCN1. The predicted molar refractivity (Wildman–Crippen MR) is 128 cm³/mol. The average molecular weight is 463 g/mol. The third-order valence-electron chi connectivity index (χ3n) is 5.88. The van der Waals surface area contributed by atoms with Crippen molar-refractivity contribution >= 4 is 28.4 Å². The molecule has 2 aromatic carbocycles. The second-order valence-corrected chi connectivity index (χ2v) is 9.06.